The van der Waals surface area contributed by atoms with Gasteiger partial charge in [0, 0.05) is 11.3 Å². The number of aromatic hydroxyl groups is 1. The predicted octanol–water partition coefficient (Wildman–Crippen LogP) is 4.53. The van der Waals surface area contributed by atoms with E-state index < -0.39 is 16.9 Å². The monoisotopic (exact) mass is 400 g/mol. The maximum Gasteiger partial charge on any atom is 0.372 e. The fraction of sp³-hybridized carbons (Fsp3) is 0.222. The number of esters is 1. The number of azo groups is 1. The van der Waals surface area contributed by atoms with E-state index in [4.69, 9.17) is 4.74 Å². The molecule has 1 aliphatic rings. The minimum atomic E-state index is -0.804. The van der Waals surface area contributed by atoms with Crippen LogP contribution in [0.15, 0.2) is 52.5 Å². The molecule has 0 radical (unpaired) electrons. The minimum absolute atomic E-state index is 0.0951. The highest BCUT2D eigenvalue weighted by Crippen LogP contribution is 2.30. The minimum Gasteiger partial charge on any atom is -0.507 e. The molecule has 1 aromatic heterocycles. The van der Waals surface area contributed by atoms with E-state index in [0.717, 1.165) is 11.3 Å². The molecule has 0 saturated carbocycles. The Morgan fingerprint density at radius 3 is 2.68 bits per heavy atom. The highest BCUT2D eigenvalue weighted by atomic mass is 32.1. The first kappa shape index (κ1) is 19.4. The van der Waals surface area contributed by atoms with Gasteiger partial charge in [-0.1, -0.05) is 11.3 Å². The predicted molar refractivity (Wildman–Crippen MR) is 102 cm³/mol. The zero-order chi connectivity index (χ0) is 20.3. The van der Waals surface area contributed by atoms with Crippen LogP contribution in [-0.2, 0) is 4.74 Å². The summed E-state index contributed by atoms with van der Waals surface area (Å²) in [5.41, 5.74) is 1.95. The highest BCUT2D eigenvalue weighted by Gasteiger charge is 2.21. The summed E-state index contributed by atoms with van der Waals surface area (Å²) in [6, 6.07) is 2.59. The number of thiazole rings is 1. The second kappa shape index (κ2) is 8.09. The van der Waals surface area contributed by atoms with Gasteiger partial charge in [0.25, 0.3) is 0 Å². The lowest BCUT2D eigenvalue weighted by Gasteiger charge is -2.09. The molecule has 28 heavy (non-hydrogen) atoms. The van der Waals surface area contributed by atoms with Crippen LogP contribution >= 0.6 is 11.3 Å². The van der Waals surface area contributed by atoms with Gasteiger partial charge in [-0.3, -0.25) is 10.1 Å². The number of allylic oxidation sites excluding steroid dienone is 1. The lowest BCUT2D eigenvalue weighted by molar-refractivity contribution is -0.508. The molecule has 0 bridgehead atoms. The Hall–Kier alpha value is -3.40. The Kier molecular flexibility index (Phi) is 5.59. The molecule has 3 rings (SSSR count). The molecule has 1 atom stereocenters. The Labute approximate surface area is 163 Å². The fourth-order valence-electron chi connectivity index (χ4n) is 2.48. The molecule has 144 valence electrons. The molecule has 1 unspecified atom stereocenters. The third kappa shape index (κ3) is 4.46. The number of phenols is 1. The smallest absolute Gasteiger partial charge is 0.372 e. The third-order valence-electron chi connectivity index (χ3n) is 3.93. The summed E-state index contributed by atoms with van der Waals surface area (Å²) in [5.74, 6) is -0.202. The number of nitrogens with zero attached hydrogens (tertiary/aromatic N) is 4. The number of hydrogen-bond donors (Lipinski definition) is 1. The number of carbonyl (C=O) groups excluding carboxylic acids is 1. The van der Waals surface area contributed by atoms with Crippen LogP contribution in [0, 0.1) is 24.0 Å². The summed E-state index contributed by atoms with van der Waals surface area (Å²) < 4.78 is 5.19. The quantitative estimate of drug-likeness (QED) is 0.340. The molecular formula is C18H16N4O5S. The number of rotatable bonds is 5. The molecule has 10 heteroatoms. The zero-order valence-electron chi connectivity index (χ0n) is 15.0. The summed E-state index contributed by atoms with van der Waals surface area (Å²) in [6.45, 7) is 3.54. The Bertz CT molecular complexity index is 1000. The normalized spacial score (nSPS) is 16.2. The van der Waals surface area contributed by atoms with E-state index in [9.17, 15) is 20.0 Å². The molecule has 9 nitrogen and oxygen atoms in total. The van der Waals surface area contributed by atoms with Crippen molar-refractivity contribution in [2.75, 3.05) is 0 Å². The van der Waals surface area contributed by atoms with E-state index in [-0.39, 0.29) is 22.9 Å². The summed E-state index contributed by atoms with van der Waals surface area (Å²) in [4.78, 5) is 26.4. The molecule has 0 aliphatic heterocycles. The van der Waals surface area contributed by atoms with Crippen LogP contribution in [0.1, 0.15) is 27.3 Å². The Morgan fingerprint density at radius 2 is 2.07 bits per heavy atom. The molecule has 0 amide bonds. The van der Waals surface area contributed by atoms with Gasteiger partial charge in [-0.15, -0.1) is 10.2 Å². The van der Waals surface area contributed by atoms with Gasteiger partial charge in [-0.25, -0.2) is 9.78 Å². The van der Waals surface area contributed by atoms with Crippen molar-refractivity contribution in [3.05, 3.63) is 68.6 Å². The van der Waals surface area contributed by atoms with Gasteiger partial charge in [0.1, 0.15) is 11.5 Å². The number of hydrogen-bond acceptors (Lipinski definition) is 9. The number of ether oxygens (including phenoxy) is 1. The first-order chi connectivity index (χ1) is 13.3. The summed E-state index contributed by atoms with van der Waals surface area (Å²) >= 11 is 1.01. The van der Waals surface area contributed by atoms with Crippen molar-refractivity contribution >= 4 is 28.0 Å². The first-order valence-electron chi connectivity index (χ1n) is 8.25. The van der Waals surface area contributed by atoms with E-state index in [1.807, 2.05) is 0 Å². The second-order valence-electron chi connectivity index (χ2n) is 6.08. The second-order valence-corrected chi connectivity index (χ2v) is 7.08. The molecule has 0 fully saturated rings. The van der Waals surface area contributed by atoms with Gasteiger partial charge < -0.3 is 9.84 Å². The summed E-state index contributed by atoms with van der Waals surface area (Å²) in [6.07, 6.45) is 5.84. The molecule has 1 aliphatic carbocycles. The summed E-state index contributed by atoms with van der Waals surface area (Å²) in [7, 11) is 0. The Balaban J connectivity index is 1.65. The molecule has 2 aromatic rings. The van der Waals surface area contributed by atoms with Crippen LogP contribution in [0.5, 0.6) is 5.75 Å². The number of phenolic OH excluding ortho intramolecular Hbond substituents is 1. The van der Waals surface area contributed by atoms with Crippen molar-refractivity contribution in [1.29, 1.82) is 0 Å². The molecular weight excluding hydrogens is 384 g/mol. The van der Waals surface area contributed by atoms with Crippen molar-refractivity contribution in [3.8, 4) is 5.75 Å². The largest absolute Gasteiger partial charge is 0.507 e. The van der Waals surface area contributed by atoms with Crippen molar-refractivity contribution in [1.82, 2.24) is 4.98 Å². The highest BCUT2D eigenvalue weighted by molar-refractivity contribution is 7.17. The molecule has 1 N–H and O–H groups in total. The van der Waals surface area contributed by atoms with Gasteiger partial charge in [-0.05, 0) is 55.3 Å². The van der Waals surface area contributed by atoms with Crippen molar-refractivity contribution in [2.24, 2.45) is 10.2 Å². The van der Waals surface area contributed by atoms with Crippen molar-refractivity contribution < 1.29 is 19.6 Å². The lowest BCUT2D eigenvalue weighted by Crippen LogP contribution is -2.18. The zero-order valence-corrected chi connectivity index (χ0v) is 15.8. The van der Waals surface area contributed by atoms with Crippen LogP contribution in [-0.4, -0.2) is 27.0 Å². The number of benzene rings is 1. The van der Waals surface area contributed by atoms with Gasteiger partial charge in [0.2, 0.25) is 11.0 Å². The molecule has 1 heterocycles. The average Bonchev–Trinajstić information content (AvgIpc) is 3.14. The van der Waals surface area contributed by atoms with Crippen LogP contribution in [0.4, 0.5) is 10.7 Å². The maximum atomic E-state index is 12.2. The van der Waals surface area contributed by atoms with Gasteiger partial charge >= 0.3 is 5.97 Å². The number of carbonyl (C=O) groups is 1. The molecule has 1 aromatic carbocycles. The molecule has 0 spiro atoms. The van der Waals surface area contributed by atoms with E-state index in [1.165, 1.54) is 24.4 Å². The van der Waals surface area contributed by atoms with Crippen LogP contribution < -0.4 is 0 Å². The lowest BCUT2D eigenvalue weighted by atomic mass is 10.1. The maximum absolute atomic E-state index is 12.2. The first-order valence-corrected chi connectivity index (χ1v) is 9.07. The molecule has 0 saturated heterocycles. The van der Waals surface area contributed by atoms with Gasteiger partial charge in [0.05, 0.1) is 11.9 Å². The summed E-state index contributed by atoms with van der Waals surface area (Å²) in [5, 5.41) is 29.1. The fourth-order valence-corrected chi connectivity index (χ4v) is 3.09. The van der Waals surface area contributed by atoms with Crippen LogP contribution in [0.25, 0.3) is 0 Å². The van der Waals surface area contributed by atoms with Crippen LogP contribution in [0.3, 0.4) is 0 Å². The van der Waals surface area contributed by atoms with Gasteiger partial charge in [-0.2, -0.15) is 0 Å². The standard InChI is InChI=1S/C18H16N4O5S/c1-10-7-12(8-11(2)16(10)23)20-21-15-9-19-17(28-15)18(24)27-14-5-3-13(4-6-14)22(25)26/h3,5-9,13,23H,4H2,1-2H3/b21-20+. The van der Waals surface area contributed by atoms with Gasteiger partial charge in [0.15, 0.2) is 5.00 Å². The van der Waals surface area contributed by atoms with Crippen molar-refractivity contribution in [3.63, 3.8) is 0 Å². The number of nitro groups is 1. The Morgan fingerprint density at radius 1 is 1.36 bits per heavy atom. The van der Waals surface area contributed by atoms with E-state index in [0.29, 0.717) is 21.8 Å². The number of aryl methyl sites for hydroxylation is 2. The van der Waals surface area contributed by atoms with E-state index in [1.54, 1.807) is 26.0 Å². The SMILES string of the molecule is Cc1cc(/N=N/c2cnc(C(=O)OC3=CCC([N+](=O)[O-])C=C3)s2)cc(C)c1O. The number of aromatic nitrogens is 1. The van der Waals surface area contributed by atoms with E-state index >= 15 is 0 Å². The average molecular weight is 400 g/mol. The van der Waals surface area contributed by atoms with E-state index in [2.05, 4.69) is 15.2 Å². The topological polar surface area (TPSA) is 127 Å². The van der Waals surface area contributed by atoms with Crippen LogP contribution in [0.2, 0.25) is 0 Å². The third-order valence-corrected chi connectivity index (χ3v) is 4.79. The van der Waals surface area contributed by atoms with Crippen molar-refractivity contribution in [2.45, 2.75) is 26.3 Å².